The zero-order chi connectivity index (χ0) is 22.8. The SMILES string of the molecule is CCc1ccc(N2C(=O)C(=O)/C(=C(/O)c3ccc(C)cc3)C2c2ccc(OC)cc2)cc1. The van der Waals surface area contributed by atoms with E-state index in [2.05, 4.69) is 6.92 Å². The van der Waals surface area contributed by atoms with Crippen molar-refractivity contribution < 1.29 is 19.4 Å². The first-order valence-corrected chi connectivity index (χ1v) is 10.6. The van der Waals surface area contributed by atoms with Gasteiger partial charge in [0.15, 0.2) is 0 Å². The zero-order valence-electron chi connectivity index (χ0n) is 18.3. The number of aliphatic hydroxyl groups is 1. The maximum Gasteiger partial charge on any atom is 0.300 e. The molecule has 1 N–H and O–H groups in total. The fourth-order valence-electron chi connectivity index (χ4n) is 3.96. The van der Waals surface area contributed by atoms with Crippen molar-refractivity contribution in [3.8, 4) is 5.75 Å². The van der Waals surface area contributed by atoms with Gasteiger partial charge in [0.1, 0.15) is 11.5 Å². The van der Waals surface area contributed by atoms with Crippen molar-refractivity contribution in [2.24, 2.45) is 0 Å². The Morgan fingerprint density at radius 1 is 0.938 bits per heavy atom. The number of carbonyl (C=O) groups is 2. The highest BCUT2D eigenvalue weighted by Gasteiger charge is 2.46. The summed E-state index contributed by atoms with van der Waals surface area (Å²) in [6.07, 6.45) is 0.869. The molecule has 0 saturated carbocycles. The molecule has 1 saturated heterocycles. The molecule has 5 nitrogen and oxygen atoms in total. The largest absolute Gasteiger partial charge is 0.507 e. The number of methoxy groups -OCH3 is 1. The molecule has 5 heteroatoms. The second-order valence-corrected chi connectivity index (χ2v) is 7.83. The van der Waals surface area contributed by atoms with E-state index in [1.165, 1.54) is 4.90 Å². The second kappa shape index (κ2) is 8.71. The van der Waals surface area contributed by atoms with Crippen molar-refractivity contribution in [1.82, 2.24) is 0 Å². The van der Waals surface area contributed by atoms with Crippen molar-refractivity contribution in [1.29, 1.82) is 0 Å². The minimum Gasteiger partial charge on any atom is -0.507 e. The molecule has 1 amide bonds. The minimum atomic E-state index is -0.755. The van der Waals surface area contributed by atoms with Crippen molar-refractivity contribution in [3.63, 3.8) is 0 Å². The Morgan fingerprint density at radius 2 is 1.56 bits per heavy atom. The van der Waals surface area contributed by atoms with Gasteiger partial charge in [-0.25, -0.2) is 0 Å². The van der Waals surface area contributed by atoms with Crippen molar-refractivity contribution in [2.75, 3.05) is 12.0 Å². The van der Waals surface area contributed by atoms with Gasteiger partial charge in [0.05, 0.1) is 18.7 Å². The molecular weight excluding hydrogens is 402 g/mol. The van der Waals surface area contributed by atoms with Crippen LogP contribution in [-0.4, -0.2) is 23.9 Å². The van der Waals surface area contributed by atoms with E-state index in [9.17, 15) is 14.7 Å². The number of Topliss-reactive ketones (excluding diaryl/α,β-unsaturated/α-hetero) is 1. The molecular formula is C27H25NO4. The Kier molecular flexibility index (Phi) is 5.82. The van der Waals surface area contributed by atoms with Crippen LogP contribution in [-0.2, 0) is 16.0 Å². The number of ketones is 1. The number of ether oxygens (including phenoxy) is 1. The number of aryl methyl sites for hydroxylation is 2. The van der Waals surface area contributed by atoms with Gasteiger partial charge in [0.2, 0.25) is 0 Å². The average Bonchev–Trinajstić information content (AvgIpc) is 3.09. The van der Waals surface area contributed by atoms with E-state index in [1.807, 2.05) is 55.5 Å². The summed E-state index contributed by atoms with van der Waals surface area (Å²) in [5.74, 6) is -0.888. The normalized spacial score (nSPS) is 17.6. The van der Waals surface area contributed by atoms with E-state index >= 15 is 0 Å². The molecule has 1 fully saturated rings. The van der Waals surface area contributed by atoms with Crippen LogP contribution in [0.2, 0.25) is 0 Å². The van der Waals surface area contributed by atoms with Gasteiger partial charge in [-0.05, 0) is 48.7 Å². The third kappa shape index (κ3) is 3.78. The van der Waals surface area contributed by atoms with Crippen LogP contribution in [0.4, 0.5) is 5.69 Å². The number of rotatable bonds is 5. The summed E-state index contributed by atoms with van der Waals surface area (Å²) in [4.78, 5) is 27.8. The minimum absolute atomic E-state index is 0.0728. The van der Waals surface area contributed by atoms with Gasteiger partial charge in [-0.3, -0.25) is 14.5 Å². The van der Waals surface area contributed by atoms with E-state index in [4.69, 9.17) is 4.74 Å². The van der Waals surface area contributed by atoms with Crippen LogP contribution in [0.25, 0.3) is 5.76 Å². The molecule has 0 bridgehead atoms. The molecule has 1 aliphatic rings. The van der Waals surface area contributed by atoms with Gasteiger partial charge in [-0.15, -0.1) is 0 Å². The maximum atomic E-state index is 13.2. The van der Waals surface area contributed by atoms with Crippen LogP contribution in [0, 0.1) is 6.92 Å². The quantitative estimate of drug-likeness (QED) is 0.346. The summed E-state index contributed by atoms with van der Waals surface area (Å²) in [6.45, 7) is 4.00. The molecule has 1 unspecified atom stereocenters. The summed E-state index contributed by atoms with van der Waals surface area (Å²) in [5.41, 5.74) is 4.04. The van der Waals surface area contributed by atoms with Crippen LogP contribution in [0.1, 0.15) is 35.2 Å². The summed E-state index contributed by atoms with van der Waals surface area (Å²) in [5, 5.41) is 11.1. The summed E-state index contributed by atoms with van der Waals surface area (Å²) in [7, 11) is 1.58. The molecule has 32 heavy (non-hydrogen) atoms. The Labute approximate surface area is 187 Å². The monoisotopic (exact) mass is 427 g/mol. The van der Waals surface area contributed by atoms with Gasteiger partial charge in [-0.1, -0.05) is 61.0 Å². The standard InChI is InChI=1S/C27H25NO4/c1-4-18-7-13-21(14-8-18)28-24(19-11-15-22(32-3)16-12-19)23(26(30)27(28)31)25(29)20-9-5-17(2)6-10-20/h5-16,24,29H,4H2,1-3H3/b25-23+. The average molecular weight is 428 g/mol. The Hall–Kier alpha value is -3.86. The molecule has 0 radical (unpaired) electrons. The van der Waals surface area contributed by atoms with Crippen LogP contribution in [0.5, 0.6) is 5.75 Å². The van der Waals surface area contributed by atoms with E-state index in [-0.39, 0.29) is 11.3 Å². The lowest BCUT2D eigenvalue weighted by Gasteiger charge is -2.25. The van der Waals surface area contributed by atoms with Crippen LogP contribution in [0.3, 0.4) is 0 Å². The second-order valence-electron chi connectivity index (χ2n) is 7.83. The number of carbonyl (C=O) groups excluding carboxylic acids is 2. The van der Waals surface area contributed by atoms with Gasteiger partial charge in [0, 0.05) is 11.3 Å². The van der Waals surface area contributed by atoms with Crippen molar-refractivity contribution in [2.45, 2.75) is 26.3 Å². The first kappa shape index (κ1) is 21.4. The first-order chi connectivity index (χ1) is 15.4. The summed E-state index contributed by atoms with van der Waals surface area (Å²) < 4.78 is 5.26. The molecule has 3 aromatic carbocycles. The molecule has 1 atom stereocenters. The van der Waals surface area contributed by atoms with Crippen LogP contribution < -0.4 is 9.64 Å². The Bertz CT molecular complexity index is 1180. The first-order valence-electron chi connectivity index (χ1n) is 10.6. The third-order valence-electron chi connectivity index (χ3n) is 5.82. The molecule has 0 aromatic heterocycles. The van der Waals surface area contributed by atoms with E-state index in [0.29, 0.717) is 22.6 Å². The third-order valence-corrected chi connectivity index (χ3v) is 5.82. The topological polar surface area (TPSA) is 66.8 Å². The number of anilines is 1. The summed E-state index contributed by atoms with van der Waals surface area (Å²) >= 11 is 0. The molecule has 1 aliphatic heterocycles. The smallest absolute Gasteiger partial charge is 0.300 e. The lowest BCUT2D eigenvalue weighted by atomic mass is 9.94. The van der Waals surface area contributed by atoms with Crippen LogP contribution in [0.15, 0.2) is 78.4 Å². The number of hydrogen-bond acceptors (Lipinski definition) is 4. The molecule has 0 spiro atoms. The van der Waals surface area contributed by atoms with Gasteiger partial charge < -0.3 is 9.84 Å². The highest BCUT2D eigenvalue weighted by Crippen LogP contribution is 2.42. The van der Waals surface area contributed by atoms with E-state index < -0.39 is 17.7 Å². The summed E-state index contributed by atoms with van der Waals surface area (Å²) in [6, 6.07) is 21.2. The molecule has 162 valence electrons. The fraction of sp³-hybridized carbons (Fsp3) is 0.185. The highest BCUT2D eigenvalue weighted by atomic mass is 16.5. The van der Waals surface area contributed by atoms with Gasteiger partial charge in [0.25, 0.3) is 11.7 Å². The lowest BCUT2D eigenvalue weighted by Crippen LogP contribution is -2.29. The van der Waals surface area contributed by atoms with Crippen molar-refractivity contribution in [3.05, 3.63) is 101 Å². The Morgan fingerprint density at radius 3 is 2.12 bits per heavy atom. The lowest BCUT2D eigenvalue weighted by molar-refractivity contribution is -0.132. The number of hydrogen-bond donors (Lipinski definition) is 1. The molecule has 4 rings (SSSR count). The number of nitrogens with zero attached hydrogens (tertiary/aromatic N) is 1. The Balaban J connectivity index is 1.90. The molecule has 0 aliphatic carbocycles. The molecule has 1 heterocycles. The zero-order valence-corrected chi connectivity index (χ0v) is 18.3. The number of benzene rings is 3. The maximum absolute atomic E-state index is 13.2. The van der Waals surface area contributed by atoms with E-state index in [0.717, 1.165) is 17.5 Å². The molecule has 3 aromatic rings. The van der Waals surface area contributed by atoms with Gasteiger partial charge >= 0.3 is 0 Å². The predicted octanol–water partition coefficient (Wildman–Crippen LogP) is 5.19. The van der Waals surface area contributed by atoms with Crippen LogP contribution >= 0.6 is 0 Å². The number of aliphatic hydroxyl groups excluding tert-OH is 1. The van der Waals surface area contributed by atoms with E-state index in [1.54, 1.807) is 31.4 Å². The fourth-order valence-corrected chi connectivity index (χ4v) is 3.96. The predicted molar refractivity (Wildman–Crippen MR) is 125 cm³/mol. The number of amides is 1. The highest BCUT2D eigenvalue weighted by molar-refractivity contribution is 6.51. The van der Waals surface area contributed by atoms with Crippen molar-refractivity contribution >= 4 is 23.1 Å². The van der Waals surface area contributed by atoms with Gasteiger partial charge in [-0.2, -0.15) is 0 Å².